The zero-order valence-electron chi connectivity index (χ0n) is 9.45. The van der Waals surface area contributed by atoms with Gasteiger partial charge in [0.1, 0.15) is 0 Å². The van der Waals surface area contributed by atoms with Crippen molar-refractivity contribution in [3.8, 4) is 0 Å². The van der Waals surface area contributed by atoms with Gasteiger partial charge in [0.2, 0.25) is 0 Å². The van der Waals surface area contributed by atoms with Gasteiger partial charge in [0, 0.05) is 35.9 Å². The normalized spacial score (nSPS) is 11.0. The molecule has 0 saturated heterocycles. The minimum atomic E-state index is -0.339. The maximum atomic E-state index is 11.7. The van der Waals surface area contributed by atoms with Crippen LogP contribution in [0.25, 0.3) is 0 Å². The van der Waals surface area contributed by atoms with Crippen molar-refractivity contribution in [1.82, 2.24) is 15.4 Å². The van der Waals surface area contributed by atoms with Gasteiger partial charge in [-0.1, -0.05) is 0 Å². The highest BCUT2D eigenvalue weighted by Crippen LogP contribution is 1.97. The molecule has 0 aliphatic rings. The lowest BCUT2D eigenvalue weighted by Crippen LogP contribution is -2.23. The van der Waals surface area contributed by atoms with Crippen molar-refractivity contribution >= 4 is 11.7 Å². The van der Waals surface area contributed by atoms with Gasteiger partial charge in [-0.3, -0.25) is 14.8 Å². The molecule has 2 aromatic rings. The van der Waals surface area contributed by atoms with Crippen molar-refractivity contribution in [1.29, 1.82) is 0 Å². The quantitative estimate of drug-likeness (QED) is 0.465. The van der Waals surface area contributed by atoms with Crippen LogP contribution in [0.3, 0.4) is 0 Å². The Kier molecular flexibility index (Phi) is 3.60. The molecule has 0 aliphatic carbocycles. The summed E-state index contributed by atoms with van der Waals surface area (Å²) in [6, 6.07) is 6.59. The molecular formula is C12H11N5O. The van der Waals surface area contributed by atoms with E-state index in [9.17, 15) is 4.79 Å². The van der Waals surface area contributed by atoms with Gasteiger partial charge >= 0.3 is 0 Å². The van der Waals surface area contributed by atoms with E-state index in [4.69, 9.17) is 5.73 Å². The monoisotopic (exact) mass is 241 g/mol. The molecule has 0 saturated carbocycles. The summed E-state index contributed by atoms with van der Waals surface area (Å²) in [5.74, 6) is -0.116. The molecule has 0 atom stereocenters. The number of nitrogens with two attached hydrogens (primary N) is 1. The molecule has 0 bridgehead atoms. The van der Waals surface area contributed by atoms with Crippen LogP contribution in [-0.2, 0) is 0 Å². The van der Waals surface area contributed by atoms with Crippen molar-refractivity contribution in [3.63, 3.8) is 0 Å². The molecule has 0 fully saturated rings. The number of hydrogen-bond acceptors (Lipinski definition) is 4. The maximum absolute atomic E-state index is 11.7. The smallest absolute Gasteiger partial charge is 0.271 e. The van der Waals surface area contributed by atoms with Gasteiger partial charge in [-0.2, -0.15) is 5.10 Å². The van der Waals surface area contributed by atoms with Gasteiger partial charge in [-0.25, -0.2) is 5.43 Å². The minimum Gasteiger partial charge on any atom is -0.382 e. The van der Waals surface area contributed by atoms with Crippen LogP contribution in [0.4, 0.5) is 0 Å². The Balaban J connectivity index is 2.05. The Labute approximate surface area is 104 Å². The number of amidine groups is 1. The second kappa shape index (κ2) is 5.53. The number of nitrogens with zero attached hydrogens (tertiary/aromatic N) is 3. The predicted molar refractivity (Wildman–Crippen MR) is 66.7 cm³/mol. The fourth-order valence-corrected chi connectivity index (χ4v) is 1.27. The van der Waals surface area contributed by atoms with E-state index in [-0.39, 0.29) is 11.7 Å². The van der Waals surface area contributed by atoms with Gasteiger partial charge in [-0.05, 0) is 24.3 Å². The van der Waals surface area contributed by atoms with Crippen LogP contribution in [-0.4, -0.2) is 21.7 Å². The van der Waals surface area contributed by atoms with Crippen LogP contribution < -0.4 is 11.2 Å². The Morgan fingerprint density at radius 2 is 1.50 bits per heavy atom. The predicted octanol–water partition coefficient (Wildman–Crippen LogP) is 0.527. The fraction of sp³-hybridized carbons (Fsp3) is 0. The second-order valence-corrected chi connectivity index (χ2v) is 3.41. The van der Waals surface area contributed by atoms with Crippen LogP contribution in [0.2, 0.25) is 0 Å². The van der Waals surface area contributed by atoms with Gasteiger partial charge in [0.05, 0.1) is 0 Å². The zero-order valence-corrected chi connectivity index (χ0v) is 9.45. The molecule has 0 unspecified atom stereocenters. The Hall–Kier alpha value is -2.76. The summed E-state index contributed by atoms with van der Waals surface area (Å²) in [5, 5.41) is 3.82. The molecule has 1 amide bonds. The van der Waals surface area contributed by atoms with Gasteiger partial charge in [0.15, 0.2) is 5.84 Å². The van der Waals surface area contributed by atoms with E-state index in [1.165, 1.54) is 12.4 Å². The van der Waals surface area contributed by atoms with Crippen LogP contribution in [0.1, 0.15) is 15.9 Å². The second-order valence-electron chi connectivity index (χ2n) is 3.41. The van der Waals surface area contributed by atoms with E-state index in [1.807, 2.05) is 0 Å². The topological polar surface area (TPSA) is 93.3 Å². The first-order valence-corrected chi connectivity index (χ1v) is 5.21. The SMILES string of the molecule is NC(=NNC(=O)c1ccncc1)c1ccncc1. The number of carbonyl (C=O) groups is 1. The van der Waals surface area contributed by atoms with Crippen molar-refractivity contribution in [2.45, 2.75) is 0 Å². The largest absolute Gasteiger partial charge is 0.382 e. The highest BCUT2D eigenvalue weighted by atomic mass is 16.2. The molecule has 3 N–H and O–H groups in total. The molecule has 6 nitrogen and oxygen atoms in total. The first-order valence-electron chi connectivity index (χ1n) is 5.21. The Bertz CT molecular complexity index is 553. The van der Waals surface area contributed by atoms with Crippen molar-refractivity contribution in [2.75, 3.05) is 0 Å². The summed E-state index contributed by atoms with van der Waals surface area (Å²) < 4.78 is 0. The molecule has 2 rings (SSSR count). The number of nitrogens with one attached hydrogen (secondary N) is 1. The van der Waals surface area contributed by atoms with Crippen LogP contribution >= 0.6 is 0 Å². The summed E-state index contributed by atoms with van der Waals surface area (Å²) in [7, 11) is 0. The van der Waals surface area contributed by atoms with Crippen LogP contribution in [0.5, 0.6) is 0 Å². The summed E-state index contributed by atoms with van der Waals surface area (Å²) in [6.45, 7) is 0. The minimum absolute atomic E-state index is 0.222. The van der Waals surface area contributed by atoms with Gasteiger partial charge in [0.25, 0.3) is 5.91 Å². The van der Waals surface area contributed by atoms with E-state index in [0.717, 1.165) is 0 Å². The maximum Gasteiger partial charge on any atom is 0.271 e. The Morgan fingerprint density at radius 3 is 2.06 bits per heavy atom. The summed E-state index contributed by atoms with van der Waals surface area (Å²) in [6.07, 6.45) is 6.26. The van der Waals surface area contributed by atoms with E-state index < -0.39 is 0 Å². The zero-order chi connectivity index (χ0) is 12.8. The number of carbonyl (C=O) groups excluding carboxylic acids is 1. The van der Waals surface area contributed by atoms with E-state index in [0.29, 0.717) is 11.1 Å². The van der Waals surface area contributed by atoms with Crippen molar-refractivity contribution in [3.05, 3.63) is 60.2 Å². The lowest BCUT2D eigenvalue weighted by molar-refractivity contribution is 0.0954. The molecule has 2 heterocycles. The molecule has 2 aromatic heterocycles. The third kappa shape index (κ3) is 2.88. The average molecular weight is 241 g/mol. The number of amides is 1. The molecule has 0 aliphatic heterocycles. The summed E-state index contributed by atoms with van der Waals surface area (Å²) in [4.78, 5) is 19.4. The van der Waals surface area contributed by atoms with Gasteiger partial charge < -0.3 is 5.73 Å². The molecule has 0 spiro atoms. The standard InChI is InChI=1S/C12H11N5O/c13-11(9-1-5-14-6-2-9)16-17-12(18)10-3-7-15-8-4-10/h1-8H,(H2,13,16)(H,17,18). The van der Waals surface area contributed by atoms with Crippen molar-refractivity contribution in [2.24, 2.45) is 10.8 Å². The van der Waals surface area contributed by atoms with E-state index >= 15 is 0 Å². The van der Waals surface area contributed by atoms with Gasteiger partial charge in [-0.15, -0.1) is 0 Å². The number of rotatable bonds is 3. The highest BCUT2D eigenvalue weighted by molar-refractivity contribution is 5.99. The first-order chi connectivity index (χ1) is 8.77. The Morgan fingerprint density at radius 1 is 1.00 bits per heavy atom. The lowest BCUT2D eigenvalue weighted by atomic mass is 10.2. The third-order valence-electron chi connectivity index (χ3n) is 2.20. The molecule has 6 heteroatoms. The molecule has 0 radical (unpaired) electrons. The number of hydrazone groups is 1. The summed E-state index contributed by atoms with van der Waals surface area (Å²) in [5.41, 5.74) is 9.25. The van der Waals surface area contributed by atoms with E-state index in [2.05, 4.69) is 20.5 Å². The lowest BCUT2D eigenvalue weighted by Gasteiger charge is -2.02. The van der Waals surface area contributed by atoms with Crippen LogP contribution in [0.15, 0.2) is 54.2 Å². The number of pyridine rings is 2. The molecule has 0 aromatic carbocycles. The number of aromatic nitrogens is 2. The molecule has 90 valence electrons. The average Bonchev–Trinajstić information content (AvgIpc) is 2.46. The van der Waals surface area contributed by atoms with E-state index in [1.54, 1.807) is 36.7 Å². The molecule has 18 heavy (non-hydrogen) atoms. The summed E-state index contributed by atoms with van der Waals surface area (Å²) >= 11 is 0. The fourth-order valence-electron chi connectivity index (χ4n) is 1.27. The number of hydrogen-bond donors (Lipinski definition) is 2. The third-order valence-corrected chi connectivity index (χ3v) is 2.20. The first kappa shape index (κ1) is 11.7. The molecular weight excluding hydrogens is 230 g/mol. The van der Waals surface area contributed by atoms with Crippen molar-refractivity contribution < 1.29 is 4.79 Å². The van der Waals surface area contributed by atoms with Crippen LogP contribution in [0, 0.1) is 0 Å². The highest BCUT2D eigenvalue weighted by Gasteiger charge is 2.03.